The van der Waals surface area contributed by atoms with Gasteiger partial charge in [0.2, 0.25) is 5.91 Å². The molecule has 1 amide bonds. The van der Waals surface area contributed by atoms with Gasteiger partial charge in [-0.25, -0.2) is 0 Å². The molecule has 1 aromatic rings. The predicted molar refractivity (Wildman–Crippen MR) is 79.5 cm³/mol. The van der Waals surface area contributed by atoms with E-state index < -0.39 is 0 Å². The summed E-state index contributed by atoms with van der Waals surface area (Å²) in [4.78, 5) is 11.6. The van der Waals surface area contributed by atoms with Crippen LogP contribution in [-0.4, -0.2) is 30.1 Å². The van der Waals surface area contributed by atoms with Crippen molar-refractivity contribution >= 4 is 23.4 Å². The number of carbonyl (C=O) groups excluding carboxylic acids is 1. The number of thioether (sulfide) groups is 1. The molecule has 1 aliphatic heterocycles. The minimum absolute atomic E-state index is 0.0435. The third-order valence-electron chi connectivity index (χ3n) is 3.06. The summed E-state index contributed by atoms with van der Waals surface area (Å²) in [6, 6.07) is 7.31. The van der Waals surface area contributed by atoms with Gasteiger partial charge in [0.15, 0.2) is 0 Å². The topological polar surface area (TPSA) is 64.3 Å². The third-order valence-corrected chi connectivity index (χ3v) is 4.45. The Morgan fingerprint density at radius 2 is 2.32 bits per heavy atom. The Balaban J connectivity index is 1.62. The smallest absolute Gasteiger partial charge is 0.223 e. The van der Waals surface area contributed by atoms with E-state index in [0.717, 1.165) is 6.54 Å². The fourth-order valence-electron chi connectivity index (χ4n) is 1.99. The molecule has 1 aromatic carbocycles. The van der Waals surface area contributed by atoms with Gasteiger partial charge in [-0.1, -0.05) is 12.1 Å². The second-order valence-corrected chi connectivity index (χ2v) is 5.98. The molecule has 1 fully saturated rings. The zero-order chi connectivity index (χ0) is 13.5. The second kappa shape index (κ2) is 7.28. The molecule has 0 radical (unpaired) electrons. The van der Waals surface area contributed by atoms with E-state index in [1.54, 1.807) is 6.07 Å². The summed E-state index contributed by atoms with van der Waals surface area (Å²) in [7, 11) is 0. The lowest BCUT2D eigenvalue weighted by Gasteiger charge is -2.11. The Bertz CT molecular complexity index is 420. The summed E-state index contributed by atoms with van der Waals surface area (Å²) in [6.07, 6.45) is 2.84. The van der Waals surface area contributed by atoms with Crippen LogP contribution < -0.4 is 15.8 Å². The first-order valence-electron chi connectivity index (χ1n) is 6.61. The number of rotatable bonds is 6. The fourth-order valence-corrected chi connectivity index (χ4v) is 3.19. The molecule has 1 aliphatic rings. The van der Waals surface area contributed by atoms with E-state index in [1.807, 2.05) is 30.0 Å². The van der Waals surface area contributed by atoms with Gasteiger partial charge in [-0.3, -0.25) is 4.79 Å². The molecule has 104 valence electrons. The Labute approximate surface area is 118 Å². The van der Waals surface area contributed by atoms with E-state index in [1.165, 1.54) is 18.6 Å². The summed E-state index contributed by atoms with van der Waals surface area (Å²) in [5, 5.41) is 3.55. The van der Waals surface area contributed by atoms with Gasteiger partial charge in [0.05, 0.1) is 18.7 Å². The van der Waals surface area contributed by atoms with E-state index in [4.69, 9.17) is 10.5 Å². The number of carbonyl (C=O) groups is 1. The van der Waals surface area contributed by atoms with Crippen LogP contribution in [0.1, 0.15) is 19.3 Å². The molecule has 1 heterocycles. The van der Waals surface area contributed by atoms with Gasteiger partial charge in [0.25, 0.3) is 0 Å². The van der Waals surface area contributed by atoms with Gasteiger partial charge in [-0.15, -0.1) is 0 Å². The van der Waals surface area contributed by atoms with Crippen LogP contribution in [0.3, 0.4) is 0 Å². The number of amides is 1. The molecule has 4 nitrogen and oxygen atoms in total. The Morgan fingerprint density at radius 1 is 1.47 bits per heavy atom. The van der Waals surface area contributed by atoms with Gasteiger partial charge in [0, 0.05) is 11.8 Å². The van der Waals surface area contributed by atoms with Gasteiger partial charge in [-0.2, -0.15) is 11.8 Å². The van der Waals surface area contributed by atoms with Crippen LogP contribution in [-0.2, 0) is 4.79 Å². The third kappa shape index (κ3) is 4.67. The maximum absolute atomic E-state index is 11.6. The average molecular weight is 280 g/mol. The SMILES string of the molecule is Nc1ccccc1OCCC(=O)NCC1CCCS1. The van der Waals surface area contributed by atoms with Crippen LogP contribution in [0.4, 0.5) is 5.69 Å². The second-order valence-electron chi connectivity index (χ2n) is 4.58. The molecule has 0 aromatic heterocycles. The number of hydrogen-bond acceptors (Lipinski definition) is 4. The number of anilines is 1. The first-order valence-corrected chi connectivity index (χ1v) is 7.66. The molecular weight excluding hydrogens is 260 g/mol. The van der Waals surface area contributed by atoms with Crippen LogP contribution in [0.15, 0.2) is 24.3 Å². The molecule has 1 atom stereocenters. The van der Waals surface area contributed by atoms with Crippen LogP contribution in [0.5, 0.6) is 5.75 Å². The number of ether oxygens (including phenoxy) is 1. The largest absolute Gasteiger partial charge is 0.491 e. The molecule has 19 heavy (non-hydrogen) atoms. The summed E-state index contributed by atoms with van der Waals surface area (Å²) >= 11 is 1.94. The van der Waals surface area contributed by atoms with Crippen molar-refractivity contribution in [2.75, 3.05) is 24.6 Å². The summed E-state index contributed by atoms with van der Waals surface area (Å²) in [6.45, 7) is 1.13. The summed E-state index contributed by atoms with van der Waals surface area (Å²) < 4.78 is 5.49. The molecule has 0 saturated carbocycles. The van der Waals surface area contributed by atoms with Crippen molar-refractivity contribution < 1.29 is 9.53 Å². The first kappa shape index (κ1) is 14.1. The molecule has 1 saturated heterocycles. The van der Waals surface area contributed by atoms with Gasteiger partial charge in [0.1, 0.15) is 5.75 Å². The quantitative estimate of drug-likeness (QED) is 0.783. The molecule has 2 rings (SSSR count). The standard InChI is InChI=1S/C14H20N2O2S/c15-12-5-1-2-6-13(12)18-8-7-14(17)16-10-11-4-3-9-19-11/h1-2,5-6,11H,3-4,7-10,15H2,(H,16,17). The fraction of sp³-hybridized carbons (Fsp3) is 0.500. The van der Waals surface area contributed by atoms with E-state index >= 15 is 0 Å². The summed E-state index contributed by atoms with van der Waals surface area (Å²) in [5.74, 6) is 1.90. The average Bonchev–Trinajstić information content (AvgIpc) is 2.92. The minimum Gasteiger partial charge on any atom is -0.491 e. The number of hydrogen-bond donors (Lipinski definition) is 2. The molecular formula is C14H20N2O2S. The highest BCUT2D eigenvalue weighted by Gasteiger charge is 2.16. The normalized spacial score (nSPS) is 18.2. The zero-order valence-electron chi connectivity index (χ0n) is 10.9. The van der Waals surface area contributed by atoms with Crippen molar-refractivity contribution in [3.05, 3.63) is 24.3 Å². The van der Waals surface area contributed by atoms with E-state index in [-0.39, 0.29) is 5.91 Å². The highest BCUT2D eigenvalue weighted by atomic mass is 32.2. The molecule has 0 bridgehead atoms. The zero-order valence-corrected chi connectivity index (χ0v) is 11.7. The van der Waals surface area contributed by atoms with Crippen molar-refractivity contribution in [3.8, 4) is 5.75 Å². The van der Waals surface area contributed by atoms with Gasteiger partial charge >= 0.3 is 0 Å². The Kier molecular flexibility index (Phi) is 5.39. The molecule has 0 spiro atoms. The van der Waals surface area contributed by atoms with Crippen molar-refractivity contribution in [2.24, 2.45) is 0 Å². The Morgan fingerprint density at radius 3 is 3.05 bits per heavy atom. The molecule has 1 unspecified atom stereocenters. The molecule has 3 N–H and O–H groups in total. The number of nitrogens with one attached hydrogen (secondary N) is 1. The van der Waals surface area contributed by atoms with Crippen molar-refractivity contribution in [2.45, 2.75) is 24.5 Å². The van der Waals surface area contributed by atoms with Crippen molar-refractivity contribution in [1.82, 2.24) is 5.32 Å². The maximum atomic E-state index is 11.6. The first-order chi connectivity index (χ1) is 9.25. The lowest BCUT2D eigenvalue weighted by molar-refractivity contribution is -0.121. The number of nitrogen functional groups attached to an aromatic ring is 1. The lowest BCUT2D eigenvalue weighted by Crippen LogP contribution is -2.30. The monoisotopic (exact) mass is 280 g/mol. The number of benzene rings is 1. The minimum atomic E-state index is 0.0435. The predicted octanol–water partition coefficient (Wildman–Crippen LogP) is 2.05. The van der Waals surface area contributed by atoms with Crippen molar-refractivity contribution in [3.63, 3.8) is 0 Å². The maximum Gasteiger partial charge on any atom is 0.223 e. The van der Waals surface area contributed by atoms with E-state index in [2.05, 4.69) is 5.32 Å². The molecule has 0 aliphatic carbocycles. The van der Waals surface area contributed by atoms with Crippen LogP contribution in [0, 0.1) is 0 Å². The van der Waals surface area contributed by atoms with E-state index in [0.29, 0.717) is 29.7 Å². The van der Waals surface area contributed by atoms with Crippen LogP contribution in [0.2, 0.25) is 0 Å². The van der Waals surface area contributed by atoms with Crippen molar-refractivity contribution in [1.29, 1.82) is 0 Å². The number of nitrogens with two attached hydrogens (primary N) is 1. The van der Waals surface area contributed by atoms with Crippen LogP contribution >= 0.6 is 11.8 Å². The molecule has 5 heteroatoms. The van der Waals surface area contributed by atoms with Gasteiger partial charge < -0.3 is 15.8 Å². The van der Waals surface area contributed by atoms with E-state index in [9.17, 15) is 4.79 Å². The summed E-state index contributed by atoms with van der Waals surface area (Å²) in [5.41, 5.74) is 6.35. The Hall–Kier alpha value is -1.36. The number of para-hydroxylation sites is 2. The highest BCUT2D eigenvalue weighted by Crippen LogP contribution is 2.25. The van der Waals surface area contributed by atoms with Gasteiger partial charge in [-0.05, 0) is 30.7 Å². The highest BCUT2D eigenvalue weighted by molar-refractivity contribution is 8.00. The lowest BCUT2D eigenvalue weighted by atomic mass is 10.2. The van der Waals surface area contributed by atoms with Crippen LogP contribution in [0.25, 0.3) is 0 Å².